The predicted octanol–water partition coefficient (Wildman–Crippen LogP) is 2.32. The van der Waals surface area contributed by atoms with Crippen molar-refractivity contribution in [3.8, 4) is 0 Å². The van der Waals surface area contributed by atoms with Crippen LogP contribution < -0.4 is 10.6 Å². The van der Waals surface area contributed by atoms with Crippen LogP contribution in [0.3, 0.4) is 0 Å². The normalized spacial score (nSPS) is 19.0. The molecule has 5 heteroatoms. The Hall–Kier alpha value is -2.04. The molecule has 5 nitrogen and oxygen atoms in total. The fourth-order valence-corrected chi connectivity index (χ4v) is 3.80. The fourth-order valence-electron chi connectivity index (χ4n) is 3.80. The number of aliphatic imine (C=N–C) groups is 1. The summed E-state index contributed by atoms with van der Waals surface area (Å²) in [5.41, 5.74) is 3.06. The van der Waals surface area contributed by atoms with E-state index in [1.807, 2.05) is 11.0 Å². The lowest BCUT2D eigenvalue weighted by Crippen LogP contribution is -2.49. The van der Waals surface area contributed by atoms with Crippen molar-refractivity contribution in [1.29, 1.82) is 0 Å². The number of guanidine groups is 1. The van der Waals surface area contributed by atoms with Gasteiger partial charge in [0.25, 0.3) is 0 Å². The largest absolute Gasteiger partial charge is 0.356 e. The van der Waals surface area contributed by atoms with E-state index in [9.17, 15) is 4.79 Å². The zero-order valence-corrected chi connectivity index (χ0v) is 15.5. The maximum Gasteiger partial charge on any atom is 0.242 e. The Kier molecular flexibility index (Phi) is 5.61. The molecule has 0 radical (unpaired) electrons. The van der Waals surface area contributed by atoms with Gasteiger partial charge in [-0.2, -0.15) is 0 Å². The molecule has 3 rings (SSSR count). The quantitative estimate of drug-likeness (QED) is 0.638. The van der Waals surface area contributed by atoms with Crippen molar-refractivity contribution in [3.05, 3.63) is 35.4 Å². The molecule has 25 heavy (non-hydrogen) atoms. The minimum atomic E-state index is 0.131. The fraction of sp³-hybridized carbons (Fsp3) is 0.600. The van der Waals surface area contributed by atoms with Gasteiger partial charge in [0.15, 0.2) is 5.96 Å². The third kappa shape index (κ3) is 4.14. The Morgan fingerprint density at radius 2 is 2.00 bits per heavy atom. The summed E-state index contributed by atoms with van der Waals surface area (Å²) in [6, 6.07) is 8.39. The molecule has 0 saturated heterocycles. The number of amides is 1. The highest BCUT2D eigenvalue weighted by Crippen LogP contribution is 2.42. The minimum Gasteiger partial charge on any atom is -0.356 e. The van der Waals surface area contributed by atoms with Crippen molar-refractivity contribution >= 4 is 11.9 Å². The molecule has 1 aliphatic carbocycles. The second-order valence-corrected chi connectivity index (χ2v) is 7.32. The molecule has 2 aliphatic rings. The number of rotatable bonds is 5. The van der Waals surface area contributed by atoms with Crippen molar-refractivity contribution in [2.24, 2.45) is 10.4 Å². The summed E-state index contributed by atoms with van der Waals surface area (Å²) in [7, 11) is 1.76. The number of hydrogen-bond acceptors (Lipinski definition) is 2. The van der Waals surface area contributed by atoms with Crippen LogP contribution in [0.2, 0.25) is 0 Å². The van der Waals surface area contributed by atoms with Gasteiger partial charge in [0, 0.05) is 26.7 Å². The van der Waals surface area contributed by atoms with Crippen LogP contribution in [0.15, 0.2) is 29.3 Å². The zero-order chi connectivity index (χ0) is 17.7. The Bertz CT molecular complexity index is 631. The van der Waals surface area contributed by atoms with E-state index < -0.39 is 0 Å². The van der Waals surface area contributed by atoms with E-state index in [4.69, 9.17) is 0 Å². The van der Waals surface area contributed by atoms with Gasteiger partial charge in [-0.15, -0.1) is 0 Å². The monoisotopic (exact) mass is 342 g/mol. The maximum absolute atomic E-state index is 12.5. The van der Waals surface area contributed by atoms with Crippen molar-refractivity contribution in [3.63, 3.8) is 0 Å². The summed E-state index contributed by atoms with van der Waals surface area (Å²) in [5, 5.41) is 6.59. The van der Waals surface area contributed by atoms with Gasteiger partial charge in [0.2, 0.25) is 5.91 Å². The third-order valence-electron chi connectivity index (χ3n) is 5.91. The van der Waals surface area contributed by atoms with Gasteiger partial charge in [0.05, 0.1) is 6.54 Å². The minimum absolute atomic E-state index is 0.131. The van der Waals surface area contributed by atoms with E-state index in [-0.39, 0.29) is 5.91 Å². The Morgan fingerprint density at radius 1 is 1.24 bits per heavy atom. The average molecular weight is 342 g/mol. The third-order valence-corrected chi connectivity index (χ3v) is 5.91. The second kappa shape index (κ2) is 7.89. The number of nitrogens with zero attached hydrogens (tertiary/aromatic N) is 2. The van der Waals surface area contributed by atoms with Gasteiger partial charge >= 0.3 is 0 Å². The van der Waals surface area contributed by atoms with Gasteiger partial charge in [-0.3, -0.25) is 9.79 Å². The second-order valence-electron chi connectivity index (χ2n) is 7.32. The van der Waals surface area contributed by atoms with Crippen molar-refractivity contribution in [1.82, 2.24) is 15.5 Å². The van der Waals surface area contributed by atoms with Gasteiger partial charge in [-0.25, -0.2) is 0 Å². The van der Waals surface area contributed by atoms with Crippen LogP contribution in [0.5, 0.6) is 0 Å². The van der Waals surface area contributed by atoms with Crippen LogP contribution in [0, 0.1) is 5.41 Å². The summed E-state index contributed by atoms with van der Waals surface area (Å²) in [5.74, 6) is 0.858. The lowest BCUT2D eigenvalue weighted by Gasteiger charge is -2.41. The van der Waals surface area contributed by atoms with E-state index in [2.05, 4.69) is 40.7 Å². The van der Waals surface area contributed by atoms with Gasteiger partial charge < -0.3 is 15.5 Å². The van der Waals surface area contributed by atoms with Crippen molar-refractivity contribution in [2.45, 2.75) is 45.6 Å². The molecule has 2 N–H and O–H groups in total. The first kappa shape index (κ1) is 17.8. The lowest BCUT2D eigenvalue weighted by atomic mass is 9.67. The molecule has 0 atom stereocenters. The Labute approximate surface area is 150 Å². The molecule has 1 heterocycles. The van der Waals surface area contributed by atoms with Crippen LogP contribution >= 0.6 is 0 Å². The molecule has 136 valence electrons. The van der Waals surface area contributed by atoms with E-state index in [1.165, 1.54) is 36.8 Å². The highest BCUT2D eigenvalue weighted by Gasteiger charge is 2.34. The highest BCUT2D eigenvalue weighted by atomic mass is 16.2. The Morgan fingerprint density at radius 3 is 2.64 bits per heavy atom. The van der Waals surface area contributed by atoms with Crippen LogP contribution in [0.25, 0.3) is 0 Å². The lowest BCUT2D eigenvalue weighted by molar-refractivity contribution is -0.130. The standard InChI is InChI=1S/C20H30N4O/c1-3-20(10-6-11-20)15-23-19(21-2)22-13-18(25)24-12-9-16-7-4-5-8-17(16)14-24/h4-5,7-8H,3,6,9-15H2,1-2H3,(H2,21,22,23). The average Bonchev–Trinajstić information content (AvgIpc) is 2.62. The van der Waals surface area contributed by atoms with Gasteiger partial charge in [-0.1, -0.05) is 37.6 Å². The summed E-state index contributed by atoms with van der Waals surface area (Å²) in [6.45, 7) is 4.99. The Balaban J connectivity index is 1.46. The SMILES string of the molecule is CCC1(CNC(=NC)NCC(=O)N2CCc3ccccc3C2)CCC1. The van der Waals surface area contributed by atoms with E-state index in [1.54, 1.807) is 7.05 Å². The number of nitrogens with one attached hydrogen (secondary N) is 2. The maximum atomic E-state index is 12.5. The first-order valence-electron chi connectivity index (χ1n) is 9.45. The predicted molar refractivity (Wildman–Crippen MR) is 102 cm³/mol. The van der Waals surface area contributed by atoms with Gasteiger partial charge in [0.1, 0.15) is 0 Å². The first-order chi connectivity index (χ1) is 12.2. The van der Waals surface area contributed by atoms with Crippen molar-refractivity contribution < 1.29 is 4.79 Å². The number of benzene rings is 1. The number of carbonyl (C=O) groups is 1. The smallest absolute Gasteiger partial charge is 0.242 e. The van der Waals surface area contributed by atoms with Gasteiger partial charge in [-0.05, 0) is 42.2 Å². The molecule has 1 amide bonds. The first-order valence-corrected chi connectivity index (χ1v) is 9.45. The zero-order valence-electron chi connectivity index (χ0n) is 15.5. The van der Waals surface area contributed by atoms with E-state index in [0.29, 0.717) is 18.5 Å². The van der Waals surface area contributed by atoms with Crippen molar-refractivity contribution in [2.75, 3.05) is 26.7 Å². The summed E-state index contributed by atoms with van der Waals surface area (Å²) in [6.07, 6.45) is 6.05. The summed E-state index contributed by atoms with van der Waals surface area (Å²) < 4.78 is 0. The van der Waals surface area contributed by atoms with Crippen LogP contribution in [0.4, 0.5) is 0 Å². The number of carbonyl (C=O) groups excluding carboxylic acids is 1. The van der Waals surface area contributed by atoms with Crippen LogP contribution in [0.1, 0.15) is 43.7 Å². The van der Waals surface area contributed by atoms with E-state index >= 15 is 0 Å². The molecule has 1 aliphatic heterocycles. The molecule has 0 unspecified atom stereocenters. The number of hydrogen-bond donors (Lipinski definition) is 2. The van der Waals surface area contributed by atoms with E-state index in [0.717, 1.165) is 25.5 Å². The topological polar surface area (TPSA) is 56.7 Å². The molecule has 1 aromatic carbocycles. The molecular weight excluding hydrogens is 312 g/mol. The highest BCUT2D eigenvalue weighted by molar-refractivity contribution is 5.86. The molecule has 0 aromatic heterocycles. The van der Waals surface area contributed by atoms with Crippen LogP contribution in [-0.4, -0.2) is 43.4 Å². The molecule has 0 bridgehead atoms. The summed E-state index contributed by atoms with van der Waals surface area (Å²) in [4.78, 5) is 18.7. The van der Waals surface area contributed by atoms with Crippen LogP contribution in [-0.2, 0) is 17.8 Å². The number of fused-ring (bicyclic) bond motifs is 1. The summed E-state index contributed by atoms with van der Waals surface area (Å²) >= 11 is 0. The molecule has 1 fully saturated rings. The molecular formula is C20H30N4O. The molecule has 1 saturated carbocycles. The molecule has 0 spiro atoms. The molecule has 1 aromatic rings.